The number of carbonyl (C=O) groups is 1. The summed E-state index contributed by atoms with van der Waals surface area (Å²) < 4.78 is 12.4. The molecule has 4 aromatic rings. The van der Waals surface area contributed by atoms with Gasteiger partial charge in [0.05, 0.1) is 30.6 Å². The van der Waals surface area contributed by atoms with Gasteiger partial charge in [-0.1, -0.05) is 5.16 Å². The van der Waals surface area contributed by atoms with Crippen LogP contribution in [-0.4, -0.2) is 32.5 Å². The van der Waals surface area contributed by atoms with Crippen LogP contribution in [0.3, 0.4) is 0 Å². The van der Waals surface area contributed by atoms with Gasteiger partial charge in [0.15, 0.2) is 0 Å². The highest BCUT2D eigenvalue weighted by atomic mass is 16.5. The third-order valence-electron chi connectivity index (χ3n) is 4.52. The third kappa shape index (κ3) is 3.32. The Hall–Kier alpha value is -3.68. The Morgan fingerprint density at radius 3 is 2.89 bits per heavy atom. The van der Waals surface area contributed by atoms with Gasteiger partial charge in [-0.2, -0.15) is 0 Å². The lowest BCUT2D eigenvalue weighted by atomic mass is 10.1. The molecule has 28 heavy (non-hydrogen) atoms. The Balaban J connectivity index is 1.62. The van der Waals surface area contributed by atoms with E-state index in [-0.39, 0.29) is 12.3 Å². The van der Waals surface area contributed by atoms with Gasteiger partial charge < -0.3 is 14.6 Å². The standard InChI is InChI=1S/C20H19N5O3/c1-12-15(13(2)28-24-12)10-19(26)22-16-9-14(5-6-18(16)27-3)17-11-25-8-4-7-21-20(25)23-17/h4-9,11H,10H2,1-3H3,(H,22,26). The summed E-state index contributed by atoms with van der Waals surface area (Å²) in [6.07, 6.45) is 5.64. The average molecular weight is 377 g/mol. The van der Waals surface area contributed by atoms with E-state index in [9.17, 15) is 4.79 Å². The molecule has 0 fully saturated rings. The zero-order valence-electron chi connectivity index (χ0n) is 15.8. The number of amides is 1. The Morgan fingerprint density at radius 2 is 2.18 bits per heavy atom. The number of imidazole rings is 1. The number of anilines is 1. The Morgan fingerprint density at radius 1 is 1.32 bits per heavy atom. The Bertz CT molecular complexity index is 1110. The maximum absolute atomic E-state index is 12.6. The number of benzene rings is 1. The van der Waals surface area contributed by atoms with Crippen LogP contribution in [0.4, 0.5) is 5.69 Å². The molecule has 0 atom stereocenters. The molecule has 1 aromatic carbocycles. The highest BCUT2D eigenvalue weighted by Gasteiger charge is 2.16. The van der Waals surface area contributed by atoms with Crippen molar-refractivity contribution in [1.82, 2.24) is 19.5 Å². The van der Waals surface area contributed by atoms with Crippen LogP contribution in [-0.2, 0) is 11.2 Å². The third-order valence-corrected chi connectivity index (χ3v) is 4.52. The second-order valence-electron chi connectivity index (χ2n) is 6.40. The number of aromatic nitrogens is 4. The number of carbonyl (C=O) groups excluding carboxylic acids is 1. The molecular formula is C20H19N5O3. The molecule has 0 aliphatic rings. The van der Waals surface area contributed by atoms with Gasteiger partial charge in [-0.25, -0.2) is 9.97 Å². The van der Waals surface area contributed by atoms with Crippen LogP contribution in [0.2, 0.25) is 0 Å². The predicted molar refractivity (Wildman–Crippen MR) is 103 cm³/mol. The van der Waals surface area contributed by atoms with Crippen molar-refractivity contribution < 1.29 is 14.1 Å². The summed E-state index contributed by atoms with van der Waals surface area (Å²) >= 11 is 0. The van der Waals surface area contributed by atoms with Crippen LogP contribution in [0.1, 0.15) is 17.0 Å². The number of nitrogens with zero attached hydrogens (tertiary/aromatic N) is 4. The van der Waals surface area contributed by atoms with E-state index in [4.69, 9.17) is 9.26 Å². The minimum absolute atomic E-state index is 0.173. The number of aryl methyl sites for hydroxylation is 2. The normalized spacial score (nSPS) is 11.0. The molecule has 0 aliphatic heterocycles. The molecule has 142 valence electrons. The van der Waals surface area contributed by atoms with Crippen LogP contribution in [0.25, 0.3) is 17.0 Å². The van der Waals surface area contributed by atoms with Crippen LogP contribution >= 0.6 is 0 Å². The SMILES string of the molecule is COc1ccc(-c2cn3cccnc3n2)cc1NC(=O)Cc1c(C)noc1C. The van der Waals surface area contributed by atoms with E-state index < -0.39 is 0 Å². The largest absolute Gasteiger partial charge is 0.495 e. The van der Waals surface area contributed by atoms with Gasteiger partial charge >= 0.3 is 0 Å². The first-order valence-electron chi connectivity index (χ1n) is 8.75. The fourth-order valence-corrected chi connectivity index (χ4v) is 3.04. The first-order chi connectivity index (χ1) is 13.5. The van der Waals surface area contributed by atoms with Crippen molar-refractivity contribution in [3.8, 4) is 17.0 Å². The lowest BCUT2D eigenvalue weighted by molar-refractivity contribution is -0.115. The first kappa shape index (κ1) is 17.7. The summed E-state index contributed by atoms with van der Waals surface area (Å²) in [5.74, 6) is 1.64. The molecule has 0 radical (unpaired) electrons. The topological polar surface area (TPSA) is 94.6 Å². The molecule has 8 nitrogen and oxygen atoms in total. The predicted octanol–water partition coefficient (Wildman–Crippen LogP) is 3.19. The summed E-state index contributed by atoms with van der Waals surface area (Å²) in [5.41, 5.74) is 3.67. The summed E-state index contributed by atoms with van der Waals surface area (Å²) in [6.45, 7) is 3.61. The molecule has 0 saturated heterocycles. The van der Waals surface area contributed by atoms with Gasteiger partial charge in [-0.05, 0) is 38.1 Å². The first-order valence-corrected chi connectivity index (χ1v) is 8.75. The second-order valence-corrected chi connectivity index (χ2v) is 6.40. The van der Waals surface area contributed by atoms with Crippen LogP contribution in [0.5, 0.6) is 5.75 Å². The van der Waals surface area contributed by atoms with E-state index in [1.807, 2.05) is 41.9 Å². The highest BCUT2D eigenvalue weighted by Crippen LogP contribution is 2.30. The zero-order valence-corrected chi connectivity index (χ0v) is 15.8. The zero-order chi connectivity index (χ0) is 19.7. The minimum Gasteiger partial charge on any atom is -0.495 e. The molecule has 1 amide bonds. The lowest BCUT2D eigenvalue weighted by Gasteiger charge is -2.11. The summed E-state index contributed by atoms with van der Waals surface area (Å²) in [7, 11) is 1.56. The number of methoxy groups -OCH3 is 1. The molecule has 0 aliphatic carbocycles. The van der Waals surface area contributed by atoms with E-state index >= 15 is 0 Å². The molecule has 0 bridgehead atoms. The summed E-state index contributed by atoms with van der Waals surface area (Å²) in [6, 6.07) is 7.38. The van der Waals surface area contributed by atoms with Crippen molar-refractivity contribution in [1.29, 1.82) is 0 Å². The quantitative estimate of drug-likeness (QED) is 0.574. The van der Waals surface area contributed by atoms with Gasteiger partial charge in [0.25, 0.3) is 0 Å². The van der Waals surface area contributed by atoms with E-state index in [0.29, 0.717) is 28.7 Å². The monoisotopic (exact) mass is 377 g/mol. The average Bonchev–Trinajstić information content (AvgIpc) is 3.26. The summed E-state index contributed by atoms with van der Waals surface area (Å²) in [5, 5.41) is 6.80. The van der Waals surface area contributed by atoms with Crippen molar-refractivity contribution in [3.05, 3.63) is 59.9 Å². The number of hydrogen-bond acceptors (Lipinski definition) is 6. The number of rotatable bonds is 5. The van der Waals surface area contributed by atoms with E-state index in [2.05, 4.69) is 20.4 Å². The molecule has 3 heterocycles. The van der Waals surface area contributed by atoms with Crippen LogP contribution in [0, 0.1) is 13.8 Å². The maximum Gasteiger partial charge on any atom is 0.234 e. The smallest absolute Gasteiger partial charge is 0.234 e. The molecule has 1 N–H and O–H groups in total. The number of fused-ring (bicyclic) bond motifs is 1. The van der Waals surface area contributed by atoms with Crippen molar-refractivity contribution in [3.63, 3.8) is 0 Å². The minimum atomic E-state index is -0.179. The van der Waals surface area contributed by atoms with E-state index in [1.165, 1.54) is 0 Å². The Kier molecular flexibility index (Phi) is 4.52. The maximum atomic E-state index is 12.6. The number of hydrogen-bond donors (Lipinski definition) is 1. The van der Waals surface area contributed by atoms with Gasteiger partial charge in [0.2, 0.25) is 11.7 Å². The molecule has 3 aromatic heterocycles. The van der Waals surface area contributed by atoms with Crippen molar-refractivity contribution >= 4 is 17.4 Å². The fourth-order valence-electron chi connectivity index (χ4n) is 3.04. The molecule has 8 heteroatoms. The fraction of sp³-hybridized carbons (Fsp3) is 0.200. The van der Waals surface area contributed by atoms with Gasteiger partial charge in [-0.15, -0.1) is 0 Å². The van der Waals surface area contributed by atoms with Crippen molar-refractivity contribution in [2.45, 2.75) is 20.3 Å². The van der Waals surface area contributed by atoms with Crippen molar-refractivity contribution in [2.24, 2.45) is 0 Å². The number of ether oxygens (including phenoxy) is 1. The van der Waals surface area contributed by atoms with E-state index in [1.54, 1.807) is 26.3 Å². The van der Waals surface area contributed by atoms with Gasteiger partial charge in [0, 0.05) is 29.7 Å². The summed E-state index contributed by atoms with van der Waals surface area (Å²) in [4.78, 5) is 21.3. The highest BCUT2D eigenvalue weighted by molar-refractivity contribution is 5.94. The molecule has 0 unspecified atom stereocenters. The molecule has 4 rings (SSSR count). The van der Waals surface area contributed by atoms with Crippen LogP contribution in [0.15, 0.2) is 47.4 Å². The van der Waals surface area contributed by atoms with E-state index in [0.717, 1.165) is 16.8 Å². The van der Waals surface area contributed by atoms with Crippen molar-refractivity contribution in [2.75, 3.05) is 12.4 Å². The lowest BCUT2D eigenvalue weighted by Crippen LogP contribution is -2.15. The second kappa shape index (κ2) is 7.15. The van der Waals surface area contributed by atoms with Gasteiger partial charge in [-0.3, -0.25) is 9.20 Å². The van der Waals surface area contributed by atoms with Crippen LogP contribution < -0.4 is 10.1 Å². The Labute approximate surface area is 161 Å². The molecule has 0 saturated carbocycles. The van der Waals surface area contributed by atoms with Gasteiger partial charge in [0.1, 0.15) is 11.5 Å². The number of nitrogens with one attached hydrogen (secondary N) is 1. The molecular weight excluding hydrogens is 358 g/mol. The molecule has 0 spiro atoms.